The first-order chi connectivity index (χ1) is 16.0. The lowest BCUT2D eigenvalue weighted by Crippen LogP contribution is -2.52. The summed E-state index contributed by atoms with van der Waals surface area (Å²) in [6.45, 7) is 18.6. The maximum Gasteiger partial charge on any atom is 0.631 e. The monoisotopic (exact) mass is 484 g/mol. The van der Waals surface area contributed by atoms with Crippen LogP contribution in [0.2, 0.25) is 6.04 Å². The first-order valence-electron chi connectivity index (χ1n) is 12.6. The van der Waals surface area contributed by atoms with Crippen molar-refractivity contribution in [2.24, 2.45) is 0 Å². The number of hydrogen-bond acceptors (Lipinski definition) is 5. The van der Waals surface area contributed by atoms with Crippen LogP contribution in [0.1, 0.15) is 59.1 Å². The van der Waals surface area contributed by atoms with Gasteiger partial charge in [0.15, 0.2) is 0 Å². The SMILES string of the molecule is CO[Si](CCCN1CCNCC1)(Oc1ccc(C(C)(C)C)cc1)Oc1ccc(C(C)(C)C)cc1. The van der Waals surface area contributed by atoms with Gasteiger partial charge in [-0.05, 0) is 59.2 Å². The summed E-state index contributed by atoms with van der Waals surface area (Å²) >= 11 is 0. The standard InChI is InChI=1S/C28H44N2O3Si/c1-27(2,3)23-9-13-25(14-10-23)32-34(31-7,22-8-19-30-20-17-29-18-21-30)33-26-15-11-24(12-16-26)28(4,5)6/h9-16,29H,8,17-22H2,1-7H3. The molecule has 0 radical (unpaired) electrons. The molecule has 0 bridgehead atoms. The second-order valence-electron chi connectivity index (χ2n) is 11.3. The third-order valence-electron chi connectivity index (χ3n) is 6.47. The van der Waals surface area contributed by atoms with E-state index in [1.54, 1.807) is 7.11 Å². The molecule has 0 unspecified atom stereocenters. The maximum atomic E-state index is 6.57. The zero-order valence-electron chi connectivity index (χ0n) is 22.2. The molecule has 1 saturated heterocycles. The Hall–Kier alpha value is -1.86. The van der Waals surface area contributed by atoms with Crippen molar-refractivity contribution in [1.82, 2.24) is 10.2 Å². The van der Waals surface area contributed by atoms with Crippen LogP contribution in [0.25, 0.3) is 0 Å². The molecule has 1 fully saturated rings. The van der Waals surface area contributed by atoms with Crippen LogP contribution in [0.3, 0.4) is 0 Å². The van der Waals surface area contributed by atoms with Crippen LogP contribution in [-0.4, -0.2) is 53.5 Å². The van der Waals surface area contributed by atoms with Crippen molar-refractivity contribution >= 4 is 8.80 Å². The molecule has 0 aliphatic carbocycles. The van der Waals surface area contributed by atoms with E-state index in [1.165, 1.54) is 11.1 Å². The molecular formula is C28H44N2O3Si. The van der Waals surface area contributed by atoms with Gasteiger partial charge in [-0.15, -0.1) is 0 Å². The normalized spacial score (nSPS) is 15.9. The van der Waals surface area contributed by atoms with Gasteiger partial charge in [0.1, 0.15) is 11.5 Å². The van der Waals surface area contributed by atoms with E-state index in [2.05, 4.69) is 76.0 Å². The third-order valence-corrected chi connectivity index (χ3v) is 9.15. The molecule has 3 rings (SSSR count). The number of nitrogens with zero attached hydrogens (tertiary/aromatic N) is 1. The average molecular weight is 485 g/mol. The van der Waals surface area contributed by atoms with Crippen LogP contribution < -0.4 is 14.2 Å². The van der Waals surface area contributed by atoms with E-state index >= 15 is 0 Å². The zero-order valence-corrected chi connectivity index (χ0v) is 23.2. The van der Waals surface area contributed by atoms with Crippen LogP contribution in [0.4, 0.5) is 0 Å². The molecule has 0 amide bonds. The van der Waals surface area contributed by atoms with Crippen LogP contribution in [0.5, 0.6) is 11.5 Å². The second-order valence-corrected chi connectivity index (χ2v) is 14.0. The molecule has 2 aromatic rings. The first-order valence-corrected chi connectivity index (χ1v) is 14.5. The minimum atomic E-state index is -3.00. The Morgan fingerprint density at radius 3 is 1.59 bits per heavy atom. The van der Waals surface area contributed by atoms with Gasteiger partial charge < -0.3 is 23.5 Å². The van der Waals surface area contributed by atoms with E-state index in [0.29, 0.717) is 0 Å². The van der Waals surface area contributed by atoms with Gasteiger partial charge in [0.05, 0.1) is 0 Å². The van der Waals surface area contributed by atoms with Gasteiger partial charge in [-0.2, -0.15) is 0 Å². The molecule has 1 aliphatic rings. The molecule has 5 nitrogen and oxygen atoms in total. The molecule has 6 heteroatoms. The highest BCUT2D eigenvalue weighted by atomic mass is 28.4. The quantitative estimate of drug-likeness (QED) is 0.468. The molecule has 0 aromatic heterocycles. The lowest BCUT2D eigenvalue weighted by atomic mass is 9.87. The highest BCUT2D eigenvalue weighted by Gasteiger charge is 2.45. The van der Waals surface area contributed by atoms with Crippen molar-refractivity contribution in [3.63, 3.8) is 0 Å². The summed E-state index contributed by atoms with van der Waals surface area (Å²) in [6.07, 6.45) is 0.972. The van der Waals surface area contributed by atoms with Crippen molar-refractivity contribution in [3.05, 3.63) is 59.7 Å². The molecule has 1 heterocycles. The molecular weight excluding hydrogens is 440 g/mol. The molecule has 1 N–H and O–H groups in total. The van der Waals surface area contributed by atoms with E-state index in [1.807, 2.05) is 24.3 Å². The van der Waals surface area contributed by atoms with Crippen LogP contribution in [0.15, 0.2) is 48.5 Å². The van der Waals surface area contributed by atoms with Gasteiger partial charge in [0, 0.05) is 39.3 Å². The third kappa shape index (κ3) is 7.57. The largest absolute Gasteiger partial charge is 0.631 e. The van der Waals surface area contributed by atoms with Crippen LogP contribution in [0, 0.1) is 0 Å². The van der Waals surface area contributed by atoms with E-state index in [4.69, 9.17) is 13.3 Å². The van der Waals surface area contributed by atoms with Gasteiger partial charge in [-0.3, -0.25) is 0 Å². The van der Waals surface area contributed by atoms with Gasteiger partial charge >= 0.3 is 8.80 Å². The smallest absolute Gasteiger partial charge is 0.492 e. The highest BCUT2D eigenvalue weighted by Crippen LogP contribution is 2.30. The van der Waals surface area contributed by atoms with Gasteiger partial charge in [0.2, 0.25) is 0 Å². The Labute approximate surface area is 208 Å². The summed E-state index contributed by atoms with van der Waals surface area (Å²) < 4.78 is 19.2. The van der Waals surface area contributed by atoms with Gasteiger partial charge in [0.25, 0.3) is 0 Å². The average Bonchev–Trinajstić information content (AvgIpc) is 2.79. The summed E-state index contributed by atoms with van der Waals surface area (Å²) in [6, 6.07) is 17.5. The Morgan fingerprint density at radius 1 is 0.765 bits per heavy atom. The fourth-order valence-corrected chi connectivity index (χ4v) is 6.37. The summed E-state index contributed by atoms with van der Waals surface area (Å²) in [5, 5.41) is 3.42. The van der Waals surface area contributed by atoms with E-state index in [0.717, 1.165) is 56.7 Å². The number of nitrogens with one attached hydrogen (secondary N) is 1. The minimum Gasteiger partial charge on any atom is -0.492 e. The number of benzene rings is 2. The fourth-order valence-electron chi connectivity index (χ4n) is 4.17. The molecule has 34 heavy (non-hydrogen) atoms. The van der Waals surface area contributed by atoms with E-state index in [-0.39, 0.29) is 10.8 Å². The first kappa shape index (κ1) is 26.7. The van der Waals surface area contributed by atoms with Gasteiger partial charge in [-0.25, -0.2) is 0 Å². The van der Waals surface area contributed by atoms with Crippen molar-refractivity contribution in [2.75, 3.05) is 39.8 Å². The second kappa shape index (κ2) is 11.3. The maximum absolute atomic E-state index is 6.57. The highest BCUT2D eigenvalue weighted by molar-refractivity contribution is 6.62. The summed E-state index contributed by atoms with van der Waals surface area (Å²) in [5.41, 5.74) is 2.76. The lowest BCUT2D eigenvalue weighted by Gasteiger charge is -2.31. The number of rotatable bonds is 9. The fraction of sp³-hybridized carbons (Fsp3) is 0.571. The summed E-state index contributed by atoms with van der Waals surface area (Å²) in [7, 11) is -1.28. The Balaban J connectivity index is 1.78. The van der Waals surface area contributed by atoms with Crippen LogP contribution >= 0.6 is 0 Å². The molecule has 0 atom stereocenters. The molecule has 1 aliphatic heterocycles. The molecule has 188 valence electrons. The van der Waals surface area contributed by atoms with E-state index in [9.17, 15) is 0 Å². The van der Waals surface area contributed by atoms with Gasteiger partial charge in [-0.1, -0.05) is 65.8 Å². The van der Waals surface area contributed by atoms with Crippen molar-refractivity contribution in [1.29, 1.82) is 0 Å². The predicted octanol–water partition coefficient (Wildman–Crippen LogP) is 5.62. The molecule has 0 saturated carbocycles. The lowest BCUT2D eigenvalue weighted by molar-refractivity contribution is 0.195. The Kier molecular flexibility index (Phi) is 8.85. The van der Waals surface area contributed by atoms with E-state index < -0.39 is 8.80 Å². The van der Waals surface area contributed by atoms with Crippen LogP contribution in [-0.2, 0) is 15.3 Å². The Morgan fingerprint density at radius 2 is 1.21 bits per heavy atom. The summed E-state index contributed by atoms with van der Waals surface area (Å²) in [5.74, 6) is 1.60. The minimum absolute atomic E-state index is 0.100. The topological polar surface area (TPSA) is 43.0 Å². The molecule has 2 aromatic carbocycles. The molecule has 0 spiro atoms. The Bertz CT molecular complexity index is 820. The van der Waals surface area contributed by atoms with Crippen molar-refractivity contribution in [3.8, 4) is 11.5 Å². The number of hydrogen-bond donors (Lipinski definition) is 1. The number of piperazine rings is 1. The summed E-state index contributed by atoms with van der Waals surface area (Å²) in [4.78, 5) is 2.50. The zero-order chi connectivity index (χ0) is 24.8. The van der Waals surface area contributed by atoms with Crippen molar-refractivity contribution < 1.29 is 13.3 Å². The predicted molar refractivity (Wildman–Crippen MR) is 143 cm³/mol. The van der Waals surface area contributed by atoms with Crippen molar-refractivity contribution in [2.45, 2.75) is 64.8 Å².